The molecule has 100 valence electrons. The summed E-state index contributed by atoms with van der Waals surface area (Å²) < 4.78 is 1.13. The Morgan fingerprint density at radius 2 is 1.89 bits per heavy atom. The summed E-state index contributed by atoms with van der Waals surface area (Å²) in [6.07, 6.45) is 2.10. The van der Waals surface area contributed by atoms with Crippen LogP contribution in [0.2, 0.25) is 0 Å². The molecule has 2 aromatic rings. The van der Waals surface area contributed by atoms with Gasteiger partial charge in [0.2, 0.25) is 0 Å². The van der Waals surface area contributed by atoms with E-state index < -0.39 is 0 Å². The van der Waals surface area contributed by atoms with E-state index in [2.05, 4.69) is 76.9 Å². The van der Waals surface area contributed by atoms with Crippen molar-refractivity contribution in [2.24, 2.45) is 0 Å². The topological polar surface area (TPSA) is 12.0 Å². The maximum absolute atomic E-state index is 3.55. The van der Waals surface area contributed by atoms with E-state index >= 15 is 0 Å². The van der Waals surface area contributed by atoms with Crippen molar-refractivity contribution in [1.29, 1.82) is 0 Å². The molecule has 1 nitrogen and oxygen atoms in total. The van der Waals surface area contributed by atoms with Crippen LogP contribution in [0.3, 0.4) is 0 Å². The number of halogens is 1. The lowest BCUT2D eigenvalue weighted by atomic mass is 10.1. The number of rotatable bonds is 5. The monoisotopic (exact) mass is 335 g/mol. The molecule has 0 radical (unpaired) electrons. The Bertz CT molecular complexity index is 525. The Morgan fingerprint density at radius 3 is 2.53 bits per heavy atom. The molecular weight excluding hydrogens is 318 g/mol. The predicted octanol–water partition coefficient (Wildman–Crippen LogP) is 5.02. The van der Waals surface area contributed by atoms with Gasteiger partial charge < -0.3 is 5.32 Å². The fourth-order valence-electron chi connectivity index (χ4n) is 1.93. The first-order chi connectivity index (χ1) is 9.19. The standard InChI is InChI=1S/C16H18BrNS/c1-12(14-6-8-16(19-2)9-7-14)18-11-13-4-3-5-15(17)10-13/h3-10,12,18H,11H2,1-2H3. The van der Waals surface area contributed by atoms with E-state index in [1.807, 2.05) is 6.07 Å². The van der Waals surface area contributed by atoms with Gasteiger partial charge in [-0.2, -0.15) is 0 Å². The molecule has 0 saturated heterocycles. The molecule has 0 saturated carbocycles. The van der Waals surface area contributed by atoms with E-state index in [1.54, 1.807) is 11.8 Å². The molecule has 19 heavy (non-hydrogen) atoms. The fourth-order valence-corrected chi connectivity index (χ4v) is 2.78. The summed E-state index contributed by atoms with van der Waals surface area (Å²) in [4.78, 5) is 1.31. The van der Waals surface area contributed by atoms with Crippen LogP contribution in [0.5, 0.6) is 0 Å². The Labute approximate surface area is 127 Å². The van der Waals surface area contributed by atoms with Gasteiger partial charge in [-0.05, 0) is 48.6 Å². The van der Waals surface area contributed by atoms with Crippen LogP contribution in [0, 0.1) is 0 Å². The Balaban J connectivity index is 1.95. The van der Waals surface area contributed by atoms with Gasteiger partial charge in [-0.1, -0.05) is 40.2 Å². The lowest BCUT2D eigenvalue weighted by Crippen LogP contribution is -2.17. The summed E-state index contributed by atoms with van der Waals surface area (Å²) in [6, 6.07) is 17.5. The van der Waals surface area contributed by atoms with Crippen LogP contribution < -0.4 is 5.32 Å². The van der Waals surface area contributed by atoms with E-state index in [4.69, 9.17) is 0 Å². The third kappa shape index (κ3) is 4.37. The molecule has 0 amide bonds. The van der Waals surface area contributed by atoms with Gasteiger partial charge in [0.1, 0.15) is 0 Å². The zero-order valence-electron chi connectivity index (χ0n) is 11.2. The summed E-state index contributed by atoms with van der Waals surface area (Å²) >= 11 is 5.28. The van der Waals surface area contributed by atoms with Crippen LogP contribution in [0.1, 0.15) is 24.1 Å². The van der Waals surface area contributed by atoms with Crippen LogP contribution in [-0.2, 0) is 6.54 Å². The number of benzene rings is 2. The normalized spacial score (nSPS) is 12.4. The van der Waals surface area contributed by atoms with Crippen molar-refractivity contribution in [3.63, 3.8) is 0 Å². The van der Waals surface area contributed by atoms with Crippen molar-refractivity contribution in [2.75, 3.05) is 6.26 Å². The van der Waals surface area contributed by atoms with Crippen molar-refractivity contribution in [2.45, 2.75) is 24.4 Å². The lowest BCUT2D eigenvalue weighted by Gasteiger charge is -2.15. The average Bonchev–Trinajstić information content (AvgIpc) is 2.45. The maximum Gasteiger partial charge on any atom is 0.0294 e. The van der Waals surface area contributed by atoms with Crippen LogP contribution in [-0.4, -0.2) is 6.26 Å². The predicted molar refractivity (Wildman–Crippen MR) is 87.6 cm³/mol. The third-order valence-electron chi connectivity index (χ3n) is 3.12. The van der Waals surface area contributed by atoms with E-state index in [0.717, 1.165) is 11.0 Å². The smallest absolute Gasteiger partial charge is 0.0294 e. The molecule has 0 aliphatic heterocycles. The quantitative estimate of drug-likeness (QED) is 0.769. The molecule has 1 unspecified atom stereocenters. The number of hydrogen-bond donors (Lipinski definition) is 1. The van der Waals surface area contributed by atoms with Crippen molar-refractivity contribution in [1.82, 2.24) is 5.32 Å². The van der Waals surface area contributed by atoms with E-state index in [-0.39, 0.29) is 0 Å². The minimum absolute atomic E-state index is 0.356. The second-order valence-electron chi connectivity index (χ2n) is 4.51. The summed E-state index contributed by atoms with van der Waals surface area (Å²) in [5, 5.41) is 3.55. The molecule has 0 aliphatic carbocycles. The first-order valence-electron chi connectivity index (χ1n) is 6.31. The van der Waals surface area contributed by atoms with Crippen LogP contribution in [0.15, 0.2) is 57.9 Å². The summed E-state index contributed by atoms with van der Waals surface area (Å²) in [6.45, 7) is 3.08. The maximum atomic E-state index is 3.55. The van der Waals surface area contributed by atoms with E-state index in [0.29, 0.717) is 6.04 Å². The van der Waals surface area contributed by atoms with Gasteiger partial charge in [0.25, 0.3) is 0 Å². The average molecular weight is 336 g/mol. The van der Waals surface area contributed by atoms with Gasteiger partial charge in [0, 0.05) is 22.0 Å². The van der Waals surface area contributed by atoms with Crippen LogP contribution in [0.25, 0.3) is 0 Å². The first kappa shape index (κ1) is 14.6. The number of thioether (sulfide) groups is 1. The lowest BCUT2D eigenvalue weighted by molar-refractivity contribution is 0.574. The van der Waals surface area contributed by atoms with Crippen molar-refractivity contribution in [3.8, 4) is 0 Å². The highest BCUT2D eigenvalue weighted by Gasteiger charge is 2.04. The van der Waals surface area contributed by atoms with Gasteiger partial charge >= 0.3 is 0 Å². The molecule has 1 N–H and O–H groups in total. The van der Waals surface area contributed by atoms with Gasteiger partial charge in [-0.25, -0.2) is 0 Å². The fraction of sp³-hybridized carbons (Fsp3) is 0.250. The largest absolute Gasteiger partial charge is 0.306 e. The minimum atomic E-state index is 0.356. The van der Waals surface area contributed by atoms with Crippen LogP contribution in [0.4, 0.5) is 0 Å². The highest BCUT2D eigenvalue weighted by Crippen LogP contribution is 2.19. The Morgan fingerprint density at radius 1 is 1.16 bits per heavy atom. The summed E-state index contributed by atoms with van der Waals surface area (Å²) in [5.74, 6) is 0. The zero-order valence-corrected chi connectivity index (χ0v) is 13.6. The van der Waals surface area contributed by atoms with Gasteiger partial charge in [0.05, 0.1) is 0 Å². The Hall–Kier alpha value is -0.770. The first-order valence-corrected chi connectivity index (χ1v) is 8.32. The molecule has 1 atom stereocenters. The van der Waals surface area contributed by atoms with Gasteiger partial charge in [0.15, 0.2) is 0 Å². The highest BCUT2D eigenvalue weighted by molar-refractivity contribution is 9.10. The second-order valence-corrected chi connectivity index (χ2v) is 6.30. The van der Waals surface area contributed by atoms with E-state index in [9.17, 15) is 0 Å². The number of hydrogen-bond acceptors (Lipinski definition) is 2. The molecule has 0 fully saturated rings. The third-order valence-corrected chi connectivity index (χ3v) is 4.35. The van der Waals surface area contributed by atoms with Crippen molar-refractivity contribution < 1.29 is 0 Å². The zero-order chi connectivity index (χ0) is 13.7. The molecular formula is C16H18BrNS. The summed E-state index contributed by atoms with van der Waals surface area (Å²) in [5.41, 5.74) is 2.62. The molecule has 0 aliphatic rings. The molecule has 3 heteroatoms. The van der Waals surface area contributed by atoms with Crippen molar-refractivity contribution >= 4 is 27.7 Å². The molecule has 0 aromatic heterocycles. The van der Waals surface area contributed by atoms with Gasteiger partial charge in [-0.15, -0.1) is 11.8 Å². The molecule has 2 rings (SSSR count). The molecule has 0 bridgehead atoms. The highest BCUT2D eigenvalue weighted by atomic mass is 79.9. The van der Waals surface area contributed by atoms with Gasteiger partial charge in [-0.3, -0.25) is 0 Å². The molecule has 2 aromatic carbocycles. The minimum Gasteiger partial charge on any atom is -0.306 e. The van der Waals surface area contributed by atoms with Crippen molar-refractivity contribution in [3.05, 3.63) is 64.1 Å². The molecule has 0 heterocycles. The van der Waals surface area contributed by atoms with E-state index in [1.165, 1.54) is 16.0 Å². The SMILES string of the molecule is CSc1ccc(C(C)NCc2cccc(Br)c2)cc1. The second kappa shape index (κ2) is 7.13. The van der Waals surface area contributed by atoms with Crippen LogP contribution >= 0.6 is 27.7 Å². The summed E-state index contributed by atoms with van der Waals surface area (Å²) in [7, 11) is 0. The molecule has 0 spiro atoms. The Kier molecular flexibility index (Phi) is 5.49. The number of nitrogens with one attached hydrogen (secondary N) is 1.